The zero-order valence-electron chi connectivity index (χ0n) is 14.1. The summed E-state index contributed by atoms with van der Waals surface area (Å²) in [6.07, 6.45) is 4.24. The molecule has 0 amide bonds. The molecular weight excluding hydrogens is 313 g/mol. The molecule has 2 N–H and O–H groups in total. The molecule has 0 saturated carbocycles. The van der Waals surface area contributed by atoms with Gasteiger partial charge < -0.3 is 15.4 Å². The molecule has 1 aliphatic heterocycles. The predicted molar refractivity (Wildman–Crippen MR) is 95.6 cm³/mol. The van der Waals surface area contributed by atoms with Crippen LogP contribution >= 0.6 is 11.8 Å². The number of hydrogen-bond donors (Lipinski definition) is 2. The summed E-state index contributed by atoms with van der Waals surface area (Å²) in [5, 5.41) is 6.64. The second kappa shape index (κ2) is 8.55. The quantitative estimate of drug-likeness (QED) is 0.640. The topological polar surface area (TPSA) is 45.7 Å². The minimum Gasteiger partial charge on any atom is -0.381 e. The van der Waals surface area contributed by atoms with Gasteiger partial charge in [-0.25, -0.2) is 4.39 Å². The first-order chi connectivity index (χ1) is 11.1. The number of aliphatic imine (C=N–C) groups is 1. The highest BCUT2D eigenvalue weighted by molar-refractivity contribution is 8.00. The fourth-order valence-electron chi connectivity index (χ4n) is 2.59. The minimum absolute atomic E-state index is 0.171. The smallest absolute Gasteiger partial charge is 0.191 e. The van der Waals surface area contributed by atoms with Crippen LogP contribution in [0.25, 0.3) is 0 Å². The molecule has 0 aliphatic carbocycles. The Hall–Kier alpha value is -1.27. The van der Waals surface area contributed by atoms with E-state index in [-0.39, 0.29) is 10.6 Å². The third kappa shape index (κ3) is 5.11. The van der Waals surface area contributed by atoms with Crippen LogP contribution in [-0.4, -0.2) is 43.8 Å². The number of thioether (sulfide) groups is 1. The van der Waals surface area contributed by atoms with Crippen molar-refractivity contribution in [1.29, 1.82) is 0 Å². The van der Waals surface area contributed by atoms with Gasteiger partial charge in [-0.05, 0) is 43.2 Å². The molecule has 4 nitrogen and oxygen atoms in total. The second-order valence-corrected chi connectivity index (χ2v) is 7.14. The Morgan fingerprint density at radius 3 is 2.70 bits per heavy atom. The molecule has 1 aliphatic rings. The van der Waals surface area contributed by atoms with Gasteiger partial charge in [0.25, 0.3) is 0 Å². The molecule has 0 unspecified atom stereocenters. The van der Waals surface area contributed by atoms with Crippen LogP contribution in [0.4, 0.5) is 4.39 Å². The second-order valence-electron chi connectivity index (χ2n) is 5.86. The number of halogens is 1. The summed E-state index contributed by atoms with van der Waals surface area (Å²) in [4.78, 5) is 4.25. The number of nitrogens with zero attached hydrogens (tertiary/aromatic N) is 1. The molecule has 1 aromatic carbocycles. The summed E-state index contributed by atoms with van der Waals surface area (Å²) in [6.45, 7) is 4.79. The Morgan fingerprint density at radius 2 is 2.09 bits per heavy atom. The van der Waals surface area contributed by atoms with E-state index >= 15 is 0 Å². The molecule has 2 rings (SSSR count). The molecule has 0 atom stereocenters. The number of nitrogens with one attached hydrogen (secondary N) is 2. The lowest BCUT2D eigenvalue weighted by Gasteiger charge is -2.36. The van der Waals surface area contributed by atoms with Crippen LogP contribution in [0.15, 0.2) is 23.2 Å². The summed E-state index contributed by atoms with van der Waals surface area (Å²) < 4.78 is 19.2. The first kappa shape index (κ1) is 18.1. The summed E-state index contributed by atoms with van der Waals surface area (Å²) in [5.41, 5.74) is 1.57. The summed E-state index contributed by atoms with van der Waals surface area (Å²) >= 11 is 1.89. The van der Waals surface area contributed by atoms with Gasteiger partial charge >= 0.3 is 0 Å². The van der Waals surface area contributed by atoms with Crippen molar-refractivity contribution in [3.8, 4) is 0 Å². The van der Waals surface area contributed by atoms with Crippen molar-refractivity contribution in [3.63, 3.8) is 0 Å². The zero-order chi connectivity index (χ0) is 16.7. The molecule has 0 spiro atoms. The molecule has 0 aromatic heterocycles. The fraction of sp³-hybridized carbons (Fsp3) is 0.588. The molecule has 128 valence electrons. The Bertz CT molecular complexity index is 545. The van der Waals surface area contributed by atoms with Crippen molar-refractivity contribution in [2.45, 2.75) is 31.1 Å². The number of ether oxygens (including phenoxy) is 1. The Morgan fingerprint density at radius 1 is 1.35 bits per heavy atom. The molecular formula is C17H26FN3OS. The van der Waals surface area contributed by atoms with Crippen molar-refractivity contribution in [1.82, 2.24) is 10.6 Å². The lowest BCUT2D eigenvalue weighted by Crippen LogP contribution is -2.47. The van der Waals surface area contributed by atoms with Crippen LogP contribution in [0.1, 0.15) is 24.0 Å². The number of benzene rings is 1. The van der Waals surface area contributed by atoms with Gasteiger partial charge in [-0.3, -0.25) is 4.99 Å². The van der Waals surface area contributed by atoms with E-state index in [4.69, 9.17) is 4.74 Å². The number of rotatable bonds is 5. The van der Waals surface area contributed by atoms with Gasteiger partial charge in [0.2, 0.25) is 0 Å². The zero-order valence-corrected chi connectivity index (χ0v) is 14.9. The predicted octanol–water partition coefficient (Wildman–Crippen LogP) is 2.71. The number of aryl methyl sites for hydroxylation is 1. The lowest BCUT2D eigenvalue weighted by molar-refractivity contribution is 0.0783. The Labute approximate surface area is 142 Å². The average Bonchev–Trinajstić information content (AvgIpc) is 2.59. The van der Waals surface area contributed by atoms with Crippen molar-refractivity contribution in [3.05, 3.63) is 35.1 Å². The van der Waals surface area contributed by atoms with Gasteiger partial charge in [-0.15, -0.1) is 0 Å². The van der Waals surface area contributed by atoms with E-state index in [0.717, 1.165) is 44.1 Å². The van der Waals surface area contributed by atoms with Crippen LogP contribution in [0.2, 0.25) is 0 Å². The third-order valence-corrected chi connectivity index (χ3v) is 5.75. The van der Waals surface area contributed by atoms with Crippen LogP contribution in [0, 0.1) is 12.7 Å². The van der Waals surface area contributed by atoms with E-state index in [9.17, 15) is 4.39 Å². The van der Waals surface area contributed by atoms with E-state index in [2.05, 4.69) is 21.9 Å². The maximum absolute atomic E-state index is 13.6. The minimum atomic E-state index is -0.171. The van der Waals surface area contributed by atoms with Crippen LogP contribution in [-0.2, 0) is 11.3 Å². The monoisotopic (exact) mass is 339 g/mol. The van der Waals surface area contributed by atoms with Gasteiger partial charge in [-0.2, -0.15) is 11.8 Å². The molecule has 1 fully saturated rings. The molecule has 0 radical (unpaired) electrons. The lowest BCUT2D eigenvalue weighted by atomic mass is 9.99. The first-order valence-electron chi connectivity index (χ1n) is 7.91. The standard InChI is InChI=1S/C17H26FN3OS/c1-13-4-5-14(10-15(13)18)11-20-16(19-2)21-12-17(23-3)6-8-22-9-7-17/h4-5,10H,6-9,11-12H2,1-3H3,(H2,19,20,21). The number of guanidine groups is 1. The maximum atomic E-state index is 13.6. The summed E-state index contributed by atoms with van der Waals surface area (Å²) in [6, 6.07) is 5.30. The Balaban J connectivity index is 1.86. The molecule has 6 heteroatoms. The maximum Gasteiger partial charge on any atom is 0.191 e. The van der Waals surface area contributed by atoms with Gasteiger partial charge in [0.15, 0.2) is 5.96 Å². The Kier molecular flexibility index (Phi) is 6.72. The summed E-state index contributed by atoms with van der Waals surface area (Å²) in [7, 11) is 1.75. The van der Waals surface area contributed by atoms with E-state index in [0.29, 0.717) is 12.1 Å². The van der Waals surface area contributed by atoms with Crippen molar-refractivity contribution < 1.29 is 9.13 Å². The van der Waals surface area contributed by atoms with Gasteiger partial charge in [0.05, 0.1) is 0 Å². The highest BCUT2D eigenvalue weighted by Crippen LogP contribution is 2.32. The first-order valence-corrected chi connectivity index (χ1v) is 9.13. The molecule has 23 heavy (non-hydrogen) atoms. The molecule has 0 bridgehead atoms. The molecule has 1 aromatic rings. The number of hydrogen-bond acceptors (Lipinski definition) is 3. The molecule has 1 saturated heterocycles. The van der Waals surface area contributed by atoms with E-state index in [1.54, 1.807) is 26.1 Å². The van der Waals surface area contributed by atoms with E-state index < -0.39 is 0 Å². The van der Waals surface area contributed by atoms with Crippen molar-refractivity contribution in [2.75, 3.05) is 33.1 Å². The highest BCUT2D eigenvalue weighted by Gasteiger charge is 2.31. The van der Waals surface area contributed by atoms with Crippen molar-refractivity contribution in [2.24, 2.45) is 4.99 Å². The normalized spacial score (nSPS) is 17.8. The highest BCUT2D eigenvalue weighted by atomic mass is 32.2. The van der Waals surface area contributed by atoms with Gasteiger partial charge in [0.1, 0.15) is 5.82 Å². The fourth-order valence-corrected chi connectivity index (χ4v) is 3.39. The van der Waals surface area contributed by atoms with Gasteiger partial charge in [-0.1, -0.05) is 12.1 Å². The van der Waals surface area contributed by atoms with Crippen molar-refractivity contribution >= 4 is 17.7 Å². The van der Waals surface area contributed by atoms with E-state index in [1.807, 2.05) is 17.8 Å². The summed E-state index contributed by atoms with van der Waals surface area (Å²) in [5.74, 6) is 0.571. The SMILES string of the molecule is CN=C(NCc1ccc(C)c(F)c1)NCC1(SC)CCOCC1. The average molecular weight is 339 g/mol. The van der Waals surface area contributed by atoms with Crippen LogP contribution in [0.3, 0.4) is 0 Å². The van der Waals surface area contributed by atoms with E-state index in [1.165, 1.54) is 0 Å². The molecule has 1 heterocycles. The van der Waals surface area contributed by atoms with Gasteiger partial charge in [0, 0.05) is 38.1 Å². The van der Waals surface area contributed by atoms with Crippen LogP contribution < -0.4 is 10.6 Å². The largest absolute Gasteiger partial charge is 0.381 e. The van der Waals surface area contributed by atoms with Crippen LogP contribution in [0.5, 0.6) is 0 Å². The third-order valence-electron chi connectivity index (χ3n) is 4.33.